The predicted molar refractivity (Wildman–Crippen MR) is 102 cm³/mol. The number of hydrogen-bond donors (Lipinski definition) is 2. The fourth-order valence-corrected chi connectivity index (χ4v) is 4.58. The molecule has 26 heavy (non-hydrogen) atoms. The molecular weight excluding hydrogens is 327 g/mol. The SMILES string of the molecule is O=c1[nH]c2c(c3ccc(F)cc13)Cc1c(CNC3CCCC3)cccc1-2. The van der Waals surface area contributed by atoms with Crippen molar-refractivity contribution in [3.05, 3.63) is 69.3 Å². The van der Waals surface area contributed by atoms with E-state index in [2.05, 4.69) is 28.5 Å². The highest BCUT2D eigenvalue weighted by molar-refractivity contribution is 5.93. The van der Waals surface area contributed by atoms with Gasteiger partial charge in [0.05, 0.1) is 11.1 Å². The third-order valence-corrected chi connectivity index (χ3v) is 5.92. The molecule has 2 aliphatic rings. The average molecular weight is 348 g/mol. The van der Waals surface area contributed by atoms with Crippen molar-refractivity contribution in [3.8, 4) is 11.3 Å². The van der Waals surface area contributed by atoms with Gasteiger partial charge in [-0.2, -0.15) is 0 Å². The molecule has 1 saturated carbocycles. The minimum Gasteiger partial charge on any atom is -0.321 e. The quantitative estimate of drug-likeness (QED) is 0.581. The van der Waals surface area contributed by atoms with Crippen molar-refractivity contribution in [2.75, 3.05) is 0 Å². The van der Waals surface area contributed by atoms with Gasteiger partial charge in [0, 0.05) is 24.6 Å². The van der Waals surface area contributed by atoms with E-state index >= 15 is 0 Å². The molecule has 2 aromatic carbocycles. The maximum absolute atomic E-state index is 13.6. The fraction of sp³-hybridized carbons (Fsp3) is 0.318. The van der Waals surface area contributed by atoms with Crippen molar-refractivity contribution < 1.29 is 4.39 Å². The molecule has 0 amide bonds. The first kappa shape index (κ1) is 15.8. The van der Waals surface area contributed by atoms with Crippen LogP contribution in [-0.4, -0.2) is 11.0 Å². The lowest BCUT2D eigenvalue weighted by Crippen LogP contribution is -2.25. The molecule has 3 nitrogen and oxygen atoms in total. The van der Waals surface area contributed by atoms with Crippen LogP contribution in [0.4, 0.5) is 4.39 Å². The molecule has 4 heteroatoms. The van der Waals surface area contributed by atoms with E-state index in [0.29, 0.717) is 11.4 Å². The first-order valence-corrected chi connectivity index (χ1v) is 9.39. The Morgan fingerprint density at radius 2 is 1.92 bits per heavy atom. The number of benzene rings is 2. The Bertz CT molecular complexity index is 1060. The van der Waals surface area contributed by atoms with E-state index < -0.39 is 0 Å². The third kappa shape index (κ3) is 2.48. The third-order valence-electron chi connectivity index (χ3n) is 5.92. The van der Waals surface area contributed by atoms with Gasteiger partial charge < -0.3 is 10.3 Å². The summed E-state index contributed by atoms with van der Waals surface area (Å²) in [5, 5.41) is 4.98. The van der Waals surface area contributed by atoms with Crippen LogP contribution in [0.25, 0.3) is 22.0 Å². The second-order valence-corrected chi connectivity index (χ2v) is 7.48. The lowest BCUT2D eigenvalue weighted by Gasteiger charge is -2.14. The van der Waals surface area contributed by atoms with Gasteiger partial charge in [0.2, 0.25) is 0 Å². The Hall–Kier alpha value is -2.46. The van der Waals surface area contributed by atoms with Crippen LogP contribution in [0.2, 0.25) is 0 Å². The molecule has 3 aromatic rings. The Labute approximate surface area is 151 Å². The second kappa shape index (κ2) is 6.06. The van der Waals surface area contributed by atoms with E-state index in [9.17, 15) is 9.18 Å². The van der Waals surface area contributed by atoms with E-state index in [1.54, 1.807) is 6.07 Å². The number of H-pyrrole nitrogens is 1. The topological polar surface area (TPSA) is 44.9 Å². The van der Waals surface area contributed by atoms with Crippen molar-refractivity contribution in [2.24, 2.45) is 0 Å². The molecule has 5 rings (SSSR count). The summed E-state index contributed by atoms with van der Waals surface area (Å²) >= 11 is 0. The Morgan fingerprint density at radius 1 is 1.08 bits per heavy atom. The predicted octanol–water partition coefficient (Wildman–Crippen LogP) is 4.27. The van der Waals surface area contributed by atoms with Crippen molar-refractivity contribution in [1.29, 1.82) is 0 Å². The highest BCUT2D eigenvalue weighted by Crippen LogP contribution is 2.39. The molecule has 1 aromatic heterocycles. The lowest BCUT2D eigenvalue weighted by atomic mass is 10.0. The molecule has 0 aliphatic heterocycles. The van der Waals surface area contributed by atoms with Gasteiger partial charge in [0.15, 0.2) is 0 Å². The molecule has 1 heterocycles. The van der Waals surface area contributed by atoms with Crippen molar-refractivity contribution in [2.45, 2.75) is 44.7 Å². The highest BCUT2D eigenvalue weighted by Gasteiger charge is 2.25. The summed E-state index contributed by atoms with van der Waals surface area (Å²) in [5.41, 5.74) is 5.45. The number of hydrogen-bond acceptors (Lipinski definition) is 2. The van der Waals surface area contributed by atoms with E-state index in [1.807, 2.05) is 0 Å². The van der Waals surface area contributed by atoms with Crippen LogP contribution in [0.5, 0.6) is 0 Å². The minimum absolute atomic E-state index is 0.222. The summed E-state index contributed by atoms with van der Waals surface area (Å²) < 4.78 is 13.6. The van der Waals surface area contributed by atoms with E-state index in [1.165, 1.54) is 48.9 Å². The maximum atomic E-state index is 13.6. The molecule has 2 aliphatic carbocycles. The molecule has 132 valence electrons. The summed E-state index contributed by atoms with van der Waals surface area (Å²) in [6.45, 7) is 0.860. The van der Waals surface area contributed by atoms with Crippen LogP contribution in [0.1, 0.15) is 42.4 Å². The van der Waals surface area contributed by atoms with Crippen molar-refractivity contribution in [3.63, 3.8) is 0 Å². The smallest absolute Gasteiger partial charge is 0.256 e. The monoisotopic (exact) mass is 348 g/mol. The Balaban J connectivity index is 1.57. The molecule has 1 fully saturated rings. The average Bonchev–Trinajstić information content (AvgIpc) is 3.28. The molecule has 0 spiro atoms. The van der Waals surface area contributed by atoms with Gasteiger partial charge in [-0.05, 0) is 47.1 Å². The number of pyridine rings is 1. The minimum atomic E-state index is -0.375. The van der Waals surface area contributed by atoms with Gasteiger partial charge in [-0.1, -0.05) is 37.1 Å². The first-order valence-electron chi connectivity index (χ1n) is 9.39. The number of fused-ring (bicyclic) bond motifs is 5. The maximum Gasteiger partial charge on any atom is 0.256 e. The standard InChI is InChI=1S/C22H21FN2O/c23-14-8-9-16-19-11-18-13(12-24-15-5-1-2-6-15)4-3-7-17(18)21(19)25-22(26)20(16)10-14/h3-4,7-10,15,24H,1-2,5-6,11-12H2,(H,25,26). The van der Waals surface area contributed by atoms with Crippen LogP contribution in [-0.2, 0) is 13.0 Å². The van der Waals surface area contributed by atoms with Gasteiger partial charge in [-0.25, -0.2) is 4.39 Å². The summed E-state index contributed by atoms with van der Waals surface area (Å²) in [5.74, 6) is -0.375. The molecule has 0 radical (unpaired) electrons. The zero-order valence-electron chi connectivity index (χ0n) is 14.6. The van der Waals surface area contributed by atoms with Gasteiger partial charge >= 0.3 is 0 Å². The van der Waals surface area contributed by atoms with Crippen LogP contribution in [0.15, 0.2) is 41.2 Å². The number of halogens is 1. The molecule has 0 atom stereocenters. The zero-order valence-corrected chi connectivity index (χ0v) is 14.6. The van der Waals surface area contributed by atoms with E-state index in [-0.39, 0.29) is 11.4 Å². The molecule has 0 saturated heterocycles. The van der Waals surface area contributed by atoms with Crippen LogP contribution in [0.3, 0.4) is 0 Å². The van der Waals surface area contributed by atoms with Crippen LogP contribution >= 0.6 is 0 Å². The van der Waals surface area contributed by atoms with E-state index in [4.69, 9.17) is 0 Å². The molecule has 2 N–H and O–H groups in total. The van der Waals surface area contributed by atoms with Crippen LogP contribution in [0, 0.1) is 5.82 Å². The fourth-order valence-electron chi connectivity index (χ4n) is 4.58. The summed E-state index contributed by atoms with van der Waals surface area (Å²) in [4.78, 5) is 15.4. The zero-order chi connectivity index (χ0) is 17.7. The molecule has 0 bridgehead atoms. The first-order chi connectivity index (χ1) is 12.7. The van der Waals surface area contributed by atoms with Crippen molar-refractivity contribution >= 4 is 10.8 Å². The summed E-state index contributed by atoms with van der Waals surface area (Å²) in [6, 6.07) is 11.4. The normalized spacial score (nSPS) is 16.2. The van der Waals surface area contributed by atoms with Gasteiger partial charge in [-0.3, -0.25) is 4.79 Å². The largest absolute Gasteiger partial charge is 0.321 e. The van der Waals surface area contributed by atoms with Crippen LogP contribution < -0.4 is 10.9 Å². The summed E-state index contributed by atoms with van der Waals surface area (Å²) in [7, 11) is 0. The van der Waals surface area contributed by atoms with E-state index in [0.717, 1.165) is 35.2 Å². The van der Waals surface area contributed by atoms with Gasteiger partial charge in [0.1, 0.15) is 5.82 Å². The Morgan fingerprint density at radius 3 is 2.77 bits per heavy atom. The highest BCUT2D eigenvalue weighted by atomic mass is 19.1. The number of rotatable bonds is 3. The second-order valence-electron chi connectivity index (χ2n) is 7.48. The number of aromatic amines is 1. The van der Waals surface area contributed by atoms with Gasteiger partial charge in [-0.15, -0.1) is 0 Å². The van der Waals surface area contributed by atoms with Crippen molar-refractivity contribution in [1.82, 2.24) is 10.3 Å². The number of nitrogens with one attached hydrogen (secondary N) is 2. The molecule has 0 unspecified atom stereocenters. The summed E-state index contributed by atoms with van der Waals surface area (Å²) in [6.07, 6.45) is 5.95. The number of aromatic nitrogens is 1. The Kier molecular flexibility index (Phi) is 3.68. The molecular formula is C22H21FN2O. The van der Waals surface area contributed by atoms with Gasteiger partial charge in [0.25, 0.3) is 5.56 Å². The lowest BCUT2D eigenvalue weighted by molar-refractivity contribution is 0.523.